The van der Waals surface area contributed by atoms with Gasteiger partial charge in [-0.25, -0.2) is 9.97 Å². The number of nitrogens with two attached hydrogens (primary N) is 1. The molecule has 4 heterocycles. The fraction of sp³-hybridized carbons (Fsp3) is 0.538. The average molecular weight is 260 g/mol. The van der Waals surface area contributed by atoms with Gasteiger partial charge in [0.2, 0.25) is 0 Å². The van der Waals surface area contributed by atoms with E-state index in [1.54, 1.807) is 17.7 Å². The fourth-order valence-corrected chi connectivity index (χ4v) is 4.27. The van der Waals surface area contributed by atoms with Crippen molar-refractivity contribution in [1.29, 1.82) is 0 Å². The van der Waals surface area contributed by atoms with E-state index in [9.17, 15) is 0 Å². The van der Waals surface area contributed by atoms with Crippen molar-refractivity contribution in [3.05, 3.63) is 17.8 Å². The normalized spacial score (nSPS) is 31.2. The van der Waals surface area contributed by atoms with Crippen LogP contribution in [-0.2, 0) is 0 Å². The first-order chi connectivity index (χ1) is 8.83. The lowest BCUT2D eigenvalue weighted by Crippen LogP contribution is -2.47. The number of nitrogens with zero attached hydrogens (tertiary/aromatic N) is 3. The highest BCUT2D eigenvalue weighted by Crippen LogP contribution is 2.40. The highest BCUT2D eigenvalue weighted by Gasteiger charge is 2.40. The predicted octanol–water partition coefficient (Wildman–Crippen LogP) is 2.15. The molecule has 2 atom stereocenters. The lowest BCUT2D eigenvalue weighted by Gasteiger charge is -2.38. The van der Waals surface area contributed by atoms with Crippen LogP contribution in [0.4, 0.5) is 5.82 Å². The van der Waals surface area contributed by atoms with Gasteiger partial charge in [0.25, 0.3) is 0 Å². The molecule has 0 aliphatic carbocycles. The third kappa shape index (κ3) is 1.47. The number of piperidine rings is 1. The third-order valence-electron chi connectivity index (χ3n) is 4.25. The summed E-state index contributed by atoms with van der Waals surface area (Å²) in [6, 6.07) is 3.68. The second-order valence-electron chi connectivity index (χ2n) is 5.36. The zero-order valence-electron chi connectivity index (χ0n) is 10.1. The minimum Gasteiger partial charge on any atom is -0.350 e. The zero-order chi connectivity index (χ0) is 12.1. The van der Waals surface area contributed by atoms with Crippen molar-refractivity contribution in [2.45, 2.75) is 43.8 Å². The van der Waals surface area contributed by atoms with Crippen molar-refractivity contribution < 1.29 is 0 Å². The number of anilines is 1. The van der Waals surface area contributed by atoms with Gasteiger partial charge in [-0.05, 0) is 37.1 Å². The molecule has 2 aliphatic rings. The highest BCUT2D eigenvalue weighted by atomic mass is 32.1. The van der Waals surface area contributed by atoms with E-state index in [1.807, 2.05) is 0 Å². The van der Waals surface area contributed by atoms with Gasteiger partial charge in [0.15, 0.2) is 0 Å². The summed E-state index contributed by atoms with van der Waals surface area (Å²) in [4.78, 5) is 12.5. The summed E-state index contributed by atoms with van der Waals surface area (Å²) in [6.07, 6.45) is 6.42. The molecule has 0 saturated carbocycles. The number of thiophene rings is 1. The minimum absolute atomic E-state index is 0.374. The Morgan fingerprint density at radius 1 is 1.22 bits per heavy atom. The molecule has 18 heavy (non-hydrogen) atoms. The van der Waals surface area contributed by atoms with Crippen LogP contribution in [0.2, 0.25) is 0 Å². The van der Waals surface area contributed by atoms with Crippen LogP contribution in [0, 0.1) is 0 Å². The third-order valence-corrected chi connectivity index (χ3v) is 5.08. The molecule has 4 nitrogen and oxygen atoms in total. The molecule has 5 heteroatoms. The van der Waals surface area contributed by atoms with Crippen molar-refractivity contribution >= 4 is 27.4 Å². The van der Waals surface area contributed by atoms with Gasteiger partial charge < -0.3 is 10.6 Å². The van der Waals surface area contributed by atoms with E-state index in [2.05, 4.69) is 26.3 Å². The van der Waals surface area contributed by atoms with Gasteiger partial charge in [-0.2, -0.15) is 0 Å². The monoisotopic (exact) mass is 260 g/mol. The maximum Gasteiger partial charge on any atom is 0.141 e. The zero-order valence-corrected chi connectivity index (χ0v) is 10.9. The molecule has 2 fully saturated rings. The van der Waals surface area contributed by atoms with E-state index < -0.39 is 0 Å². The maximum atomic E-state index is 6.13. The number of hydrogen-bond donors (Lipinski definition) is 1. The number of hydrogen-bond acceptors (Lipinski definition) is 5. The Morgan fingerprint density at radius 3 is 2.78 bits per heavy atom. The van der Waals surface area contributed by atoms with E-state index in [4.69, 9.17) is 5.73 Å². The van der Waals surface area contributed by atoms with Crippen molar-refractivity contribution in [3.8, 4) is 0 Å². The molecule has 0 aromatic carbocycles. The van der Waals surface area contributed by atoms with Gasteiger partial charge in [-0.1, -0.05) is 0 Å². The predicted molar refractivity (Wildman–Crippen MR) is 73.9 cm³/mol. The highest BCUT2D eigenvalue weighted by molar-refractivity contribution is 7.16. The molecule has 0 amide bonds. The molecular weight excluding hydrogens is 244 g/mol. The molecule has 2 aromatic rings. The van der Waals surface area contributed by atoms with E-state index in [1.165, 1.54) is 18.2 Å². The molecule has 0 radical (unpaired) electrons. The van der Waals surface area contributed by atoms with E-state index in [0.29, 0.717) is 18.1 Å². The second kappa shape index (κ2) is 3.90. The summed E-state index contributed by atoms with van der Waals surface area (Å²) in [6.45, 7) is 0. The summed E-state index contributed by atoms with van der Waals surface area (Å²) in [7, 11) is 0. The quantitative estimate of drug-likeness (QED) is 0.853. The SMILES string of the molecule is NC1C[C@@H]2CC[C@@H](C1)N2c1ncnc2sccc12. The largest absolute Gasteiger partial charge is 0.350 e. The van der Waals surface area contributed by atoms with Crippen molar-refractivity contribution in [2.75, 3.05) is 4.90 Å². The molecular formula is C13H16N4S. The lowest BCUT2D eigenvalue weighted by molar-refractivity contribution is 0.413. The Labute approximate surface area is 110 Å². The van der Waals surface area contributed by atoms with Crippen molar-refractivity contribution in [2.24, 2.45) is 5.73 Å². The van der Waals surface area contributed by atoms with Crippen LogP contribution in [0.5, 0.6) is 0 Å². The Morgan fingerprint density at radius 2 is 2.00 bits per heavy atom. The molecule has 4 rings (SSSR count). The lowest BCUT2D eigenvalue weighted by atomic mass is 9.98. The topological polar surface area (TPSA) is 55.0 Å². The number of fused-ring (bicyclic) bond motifs is 3. The van der Waals surface area contributed by atoms with E-state index in [0.717, 1.165) is 23.5 Å². The van der Waals surface area contributed by atoms with Gasteiger partial charge >= 0.3 is 0 Å². The molecule has 94 valence electrons. The summed E-state index contributed by atoms with van der Waals surface area (Å²) in [5.41, 5.74) is 6.13. The van der Waals surface area contributed by atoms with Crippen LogP contribution in [0.1, 0.15) is 25.7 Å². The van der Waals surface area contributed by atoms with Gasteiger partial charge in [-0.3, -0.25) is 0 Å². The molecule has 2 N–H and O–H groups in total. The summed E-state index contributed by atoms with van der Waals surface area (Å²) in [5, 5.41) is 3.30. The smallest absolute Gasteiger partial charge is 0.141 e. The van der Waals surface area contributed by atoms with Gasteiger partial charge in [0, 0.05) is 18.1 Å². The number of aromatic nitrogens is 2. The van der Waals surface area contributed by atoms with Crippen LogP contribution in [0.3, 0.4) is 0 Å². The summed E-state index contributed by atoms with van der Waals surface area (Å²) < 4.78 is 0. The Balaban J connectivity index is 1.81. The summed E-state index contributed by atoms with van der Waals surface area (Å²) in [5.74, 6) is 1.13. The number of rotatable bonds is 1. The summed E-state index contributed by atoms with van der Waals surface area (Å²) >= 11 is 1.69. The minimum atomic E-state index is 0.374. The van der Waals surface area contributed by atoms with Gasteiger partial charge in [0.05, 0.1) is 5.39 Å². The molecule has 2 saturated heterocycles. The fourth-order valence-electron chi connectivity index (χ4n) is 3.55. The Bertz CT molecular complexity index is 567. The first-order valence-electron chi connectivity index (χ1n) is 6.55. The van der Waals surface area contributed by atoms with Crippen LogP contribution in [-0.4, -0.2) is 28.1 Å². The average Bonchev–Trinajstić information content (AvgIpc) is 2.92. The molecule has 2 aromatic heterocycles. The van der Waals surface area contributed by atoms with Crippen molar-refractivity contribution in [1.82, 2.24) is 9.97 Å². The first-order valence-corrected chi connectivity index (χ1v) is 7.43. The standard InChI is InChI=1S/C13H16N4S/c14-8-5-9-1-2-10(6-8)17(9)12-11-3-4-18-13(11)16-7-15-12/h3-4,7-10H,1-2,5-6,14H2/t9-,10-/m0/s1. The molecule has 0 spiro atoms. The van der Waals surface area contributed by atoms with E-state index in [-0.39, 0.29) is 0 Å². The maximum absolute atomic E-state index is 6.13. The van der Waals surface area contributed by atoms with Crippen LogP contribution in [0.25, 0.3) is 10.2 Å². The van der Waals surface area contributed by atoms with E-state index >= 15 is 0 Å². The van der Waals surface area contributed by atoms with Crippen LogP contribution in [0.15, 0.2) is 17.8 Å². The molecule has 2 bridgehead atoms. The molecule has 0 unspecified atom stereocenters. The first kappa shape index (κ1) is 10.7. The van der Waals surface area contributed by atoms with Crippen LogP contribution < -0.4 is 10.6 Å². The second-order valence-corrected chi connectivity index (χ2v) is 6.26. The molecule has 2 aliphatic heterocycles. The Kier molecular flexibility index (Phi) is 2.32. The Hall–Kier alpha value is -1.20. The van der Waals surface area contributed by atoms with Crippen LogP contribution >= 0.6 is 11.3 Å². The van der Waals surface area contributed by atoms with Crippen molar-refractivity contribution in [3.63, 3.8) is 0 Å². The van der Waals surface area contributed by atoms with Gasteiger partial charge in [0.1, 0.15) is 17.0 Å². The van der Waals surface area contributed by atoms with Gasteiger partial charge in [-0.15, -0.1) is 11.3 Å².